The molecule has 0 bridgehead atoms. The molecule has 9 nitrogen and oxygen atoms in total. The Balaban J connectivity index is 1.52. The van der Waals surface area contributed by atoms with E-state index in [4.69, 9.17) is 0 Å². The van der Waals surface area contributed by atoms with Crippen LogP contribution in [0.1, 0.15) is 27.1 Å². The molecule has 0 spiro atoms. The number of halogens is 2. The summed E-state index contributed by atoms with van der Waals surface area (Å²) in [4.78, 5) is 47.5. The predicted molar refractivity (Wildman–Crippen MR) is 96.5 cm³/mol. The number of nitro groups is 1. The lowest BCUT2D eigenvalue weighted by molar-refractivity contribution is -0.384. The van der Waals surface area contributed by atoms with Gasteiger partial charge in [0.05, 0.1) is 21.7 Å². The zero-order chi connectivity index (χ0) is 21.1. The molecule has 11 heteroatoms. The number of urea groups is 1. The van der Waals surface area contributed by atoms with Gasteiger partial charge in [-0.3, -0.25) is 24.6 Å². The smallest absolute Gasteiger partial charge is 0.319 e. The van der Waals surface area contributed by atoms with Gasteiger partial charge in [-0.2, -0.15) is 0 Å². The summed E-state index contributed by atoms with van der Waals surface area (Å²) >= 11 is 0. The van der Waals surface area contributed by atoms with Gasteiger partial charge in [0, 0.05) is 31.3 Å². The molecule has 1 aliphatic rings. The van der Waals surface area contributed by atoms with Crippen LogP contribution < -0.4 is 10.6 Å². The van der Waals surface area contributed by atoms with Gasteiger partial charge in [0.1, 0.15) is 11.6 Å². The van der Waals surface area contributed by atoms with Crippen molar-refractivity contribution in [1.29, 1.82) is 0 Å². The Morgan fingerprint density at radius 3 is 2.52 bits per heavy atom. The van der Waals surface area contributed by atoms with E-state index in [0.717, 1.165) is 35.2 Å². The van der Waals surface area contributed by atoms with Gasteiger partial charge in [-0.15, -0.1) is 0 Å². The van der Waals surface area contributed by atoms with Crippen LogP contribution in [-0.4, -0.2) is 40.8 Å². The molecule has 150 valence electrons. The van der Waals surface area contributed by atoms with Crippen LogP contribution in [0.15, 0.2) is 36.4 Å². The fraction of sp³-hybridized carbons (Fsp3) is 0.167. The molecule has 0 radical (unpaired) electrons. The molecule has 0 saturated carbocycles. The second-order valence-corrected chi connectivity index (χ2v) is 6.11. The van der Waals surface area contributed by atoms with Crippen molar-refractivity contribution in [2.75, 3.05) is 18.4 Å². The van der Waals surface area contributed by atoms with E-state index in [1.165, 1.54) is 6.07 Å². The number of rotatable bonds is 6. The first-order valence-corrected chi connectivity index (χ1v) is 8.42. The maximum absolute atomic E-state index is 13.5. The average Bonchev–Trinajstić information content (AvgIpc) is 2.92. The molecule has 29 heavy (non-hydrogen) atoms. The van der Waals surface area contributed by atoms with E-state index in [1.54, 1.807) is 0 Å². The minimum atomic E-state index is -0.804. The first kappa shape index (κ1) is 19.9. The molecule has 0 atom stereocenters. The van der Waals surface area contributed by atoms with Crippen molar-refractivity contribution in [3.05, 3.63) is 69.3 Å². The lowest BCUT2D eigenvalue weighted by Gasteiger charge is -2.14. The number of fused-ring (bicyclic) bond motifs is 1. The Hall–Kier alpha value is -3.89. The molecule has 0 aliphatic carbocycles. The van der Waals surface area contributed by atoms with Crippen molar-refractivity contribution >= 4 is 29.2 Å². The van der Waals surface area contributed by atoms with E-state index in [1.807, 2.05) is 0 Å². The Morgan fingerprint density at radius 1 is 1.07 bits per heavy atom. The van der Waals surface area contributed by atoms with Gasteiger partial charge in [-0.05, 0) is 24.6 Å². The van der Waals surface area contributed by atoms with Crippen molar-refractivity contribution in [2.24, 2.45) is 0 Å². The van der Waals surface area contributed by atoms with Gasteiger partial charge in [0.2, 0.25) is 0 Å². The SMILES string of the molecule is O=C(NCCCN1C(=O)c2ccc([N+](=O)[O-])cc2C1=O)Nc1cc(F)ccc1F. The summed E-state index contributed by atoms with van der Waals surface area (Å²) < 4.78 is 26.6. The van der Waals surface area contributed by atoms with Crippen LogP contribution in [0, 0.1) is 21.7 Å². The van der Waals surface area contributed by atoms with E-state index in [0.29, 0.717) is 0 Å². The second-order valence-electron chi connectivity index (χ2n) is 6.11. The number of carbonyl (C=O) groups excluding carboxylic acids is 3. The van der Waals surface area contributed by atoms with Crippen molar-refractivity contribution in [1.82, 2.24) is 10.2 Å². The molecule has 4 amide bonds. The molecular weight excluding hydrogens is 390 g/mol. The lowest BCUT2D eigenvalue weighted by atomic mass is 10.1. The maximum atomic E-state index is 13.5. The summed E-state index contributed by atoms with van der Waals surface area (Å²) in [6.45, 7) is 0.00503. The molecule has 1 aliphatic heterocycles. The summed E-state index contributed by atoms with van der Waals surface area (Å²) in [7, 11) is 0. The van der Waals surface area contributed by atoms with Crippen LogP contribution in [0.25, 0.3) is 0 Å². The quantitative estimate of drug-likeness (QED) is 0.332. The highest BCUT2D eigenvalue weighted by Crippen LogP contribution is 2.26. The third-order valence-electron chi connectivity index (χ3n) is 4.19. The highest BCUT2D eigenvalue weighted by Gasteiger charge is 2.36. The maximum Gasteiger partial charge on any atom is 0.319 e. The van der Waals surface area contributed by atoms with E-state index >= 15 is 0 Å². The number of hydrogen-bond donors (Lipinski definition) is 2. The van der Waals surface area contributed by atoms with Gasteiger partial charge in [0.25, 0.3) is 17.5 Å². The third-order valence-corrected chi connectivity index (χ3v) is 4.19. The van der Waals surface area contributed by atoms with Gasteiger partial charge in [-0.25, -0.2) is 13.6 Å². The van der Waals surface area contributed by atoms with E-state index < -0.39 is 34.4 Å². The molecule has 2 N–H and O–H groups in total. The van der Waals surface area contributed by atoms with Crippen LogP contribution in [-0.2, 0) is 0 Å². The Labute approximate surface area is 162 Å². The first-order chi connectivity index (χ1) is 13.8. The predicted octanol–water partition coefficient (Wildman–Crippen LogP) is 2.68. The summed E-state index contributed by atoms with van der Waals surface area (Å²) in [5, 5.41) is 15.4. The van der Waals surface area contributed by atoms with Gasteiger partial charge >= 0.3 is 6.03 Å². The number of non-ortho nitro benzene ring substituents is 1. The zero-order valence-corrected chi connectivity index (χ0v) is 14.8. The first-order valence-electron chi connectivity index (χ1n) is 8.42. The molecule has 3 rings (SSSR count). The molecular formula is C18H14F2N4O5. The Morgan fingerprint density at radius 2 is 1.79 bits per heavy atom. The average molecular weight is 404 g/mol. The minimum Gasteiger partial charge on any atom is -0.338 e. The highest BCUT2D eigenvalue weighted by molar-refractivity contribution is 6.21. The normalized spacial score (nSPS) is 12.7. The minimum absolute atomic E-state index is 0.0330. The highest BCUT2D eigenvalue weighted by atomic mass is 19.1. The number of benzene rings is 2. The number of nitro benzene ring substituents is 1. The van der Waals surface area contributed by atoms with Crippen molar-refractivity contribution in [2.45, 2.75) is 6.42 Å². The number of imide groups is 1. The molecule has 2 aromatic rings. The van der Waals surface area contributed by atoms with Crippen LogP contribution in [0.2, 0.25) is 0 Å². The van der Waals surface area contributed by atoms with Gasteiger partial charge < -0.3 is 10.6 Å². The molecule has 0 unspecified atom stereocenters. The number of amides is 4. The van der Waals surface area contributed by atoms with Crippen molar-refractivity contribution < 1.29 is 28.1 Å². The summed E-state index contributed by atoms with van der Waals surface area (Å²) in [6.07, 6.45) is 0.187. The van der Waals surface area contributed by atoms with Crippen LogP contribution >= 0.6 is 0 Å². The van der Waals surface area contributed by atoms with Crippen molar-refractivity contribution in [3.63, 3.8) is 0 Å². The fourth-order valence-corrected chi connectivity index (χ4v) is 2.79. The second kappa shape index (κ2) is 8.00. The van der Waals surface area contributed by atoms with Crippen LogP contribution in [0.5, 0.6) is 0 Å². The summed E-state index contributed by atoms with van der Waals surface area (Å²) in [5.74, 6) is -2.75. The monoisotopic (exact) mass is 404 g/mol. The number of carbonyl (C=O) groups is 3. The third kappa shape index (κ3) is 4.18. The summed E-state index contributed by atoms with van der Waals surface area (Å²) in [6, 6.07) is 5.25. The lowest BCUT2D eigenvalue weighted by Crippen LogP contribution is -2.35. The molecule has 0 saturated heterocycles. The zero-order valence-electron chi connectivity index (χ0n) is 14.8. The molecule has 0 aromatic heterocycles. The van der Waals surface area contributed by atoms with E-state index in [2.05, 4.69) is 10.6 Å². The number of nitrogens with zero attached hydrogens (tertiary/aromatic N) is 2. The Bertz CT molecular complexity index is 1030. The van der Waals surface area contributed by atoms with E-state index in [-0.39, 0.29) is 42.0 Å². The van der Waals surface area contributed by atoms with Crippen LogP contribution in [0.4, 0.5) is 25.0 Å². The number of anilines is 1. The number of hydrogen-bond acceptors (Lipinski definition) is 5. The van der Waals surface area contributed by atoms with Gasteiger partial charge in [-0.1, -0.05) is 0 Å². The summed E-state index contributed by atoms with van der Waals surface area (Å²) in [5.41, 5.74) is -0.594. The topological polar surface area (TPSA) is 122 Å². The standard InChI is InChI=1S/C18H14F2N4O5/c19-10-2-5-14(20)15(8-10)22-18(27)21-6-1-7-23-16(25)12-4-3-11(24(28)29)9-13(12)17(23)26/h2-5,8-9H,1,6-7H2,(H2,21,22,27). The fourth-order valence-electron chi connectivity index (χ4n) is 2.79. The largest absolute Gasteiger partial charge is 0.338 e. The van der Waals surface area contributed by atoms with Gasteiger partial charge in [0.15, 0.2) is 0 Å². The number of nitrogens with one attached hydrogen (secondary N) is 2. The Kier molecular flexibility index (Phi) is 5.48. The van der Waals surface area contributed by atoms with Crippen LogP contribution in [0.3, 0.4) is 0 Å². The molecule has 0 fully saturated rings. The molecule has 1 heterocycles. The molecule has 2 aromatic carbocycles. The van der Waals surface area contributed by atoms with Crippen molar-refractivity contribution in [3.8, 4) is 0 Å². The van der Waals surface area contributed by atoms with E-state index in [9.17, 15) is 33.3 Å².